The number of likely N-dealkylation sites (tertiary alicyclic amines) is 1. The maximum atomic E-state index is 12.0. The number of piperidine rings is 1. The van der Waals surface area contributed by atoms with E-state index in [2.05, 4.69) is 36.6 Å². The summed E-state index contributed by atoms with van der Waals surface area (Å²) >= 11 is 6.26. The van der Waals surface area contributed by atoms with Crippen LogP contribution in [0.1, 0.15) is 47.8 Å². The van der Waals surface area contributed by atoms with Gasteiger partial charge in [0, 0.05) is 48.9 Å². The van der Waals surface area contributed by atoms with Crippen LogP contribution in [0.2, 0.25) is 5.02 Å². The number of nitrogen functional groups attached to an aromatic ring is 1. The van der Waals surface area contributed by atoms with Crippen LogP contribution in [0.15, 0.2) is 36.8 Å². The minimum atomic E-state index is -0.608. The van der Waals surface area contributed by atoms with Crippen molar-refractivity contribution >= 4 is 29.1 Å². The Kier molecular flexibility index (Phi) is 6.88. The number of imidazole rings is 1. The zero-order chi connectivity index (χ0) is 24.4. The van der Waals surface area contributed by atoms with Gasteiger partial charge in [-0.05, 0) is 50.9 Å². The fourth-order valence-corrected chi connectivity index (χ4v) is 5.38. The monoisotopic (exact) mass is 494 g/mol. The van der Waals surface area contributed by atoms with Gasteiger partial charge in [-0.1, -0.05) is 23.7 Å². The first-order chi connectivity index (χ1) is 17.0. The summed E-state index contributed by atoms with van der Waals surface area (Å²) in [5, 5.41) is 0.707. The lowest BCUT2D eigenvalue weighted by Gasteiger charge is -2.33. The van der Waals surface area contributed by atoms with Crippen molar-refractivity contribution in [1.29, 1.82) is 0 Å². The number of nitrogens with two attached hydrogens (primary N) is 2. The molecule has 2 fully saturated rings. The molecule has 2 aliphatic heterocycles. The molecule has 1 amide bonds. The summed E-state index contributed by atoms with van der Waals surface area (Å²) in [5.74, 6) is 1.43. The van der Waals surface area contributed by atoms with Gasteiger partial charge in [-0.25, -0.2) is 15.0 Å². The molecule has 0 unspecified atom stereocenters. The van der Waals surface area contributed by atoms with Gasteiger partial charge in [0.1, 0.15) is 29.4 Å². The van der Waals surface area contributed by atoms with Crippen molar-refractivity contribution in [2.24, 2.45) is 5.73 Å². The Labute approximate surface area is 210 Å². The molecule has 4 heterocycles. The summed E-state index contributed by atoms with van der Waals surface area (Å²) in [5.41, 5.74) is 13.6. The van der Waals surface area contributed by atoms with E-state index in [-0.39, 0.29) is 11.4 Å². The minimum absolute atomic E-state index is 0.119. The van der Waals surface area contributed by atoms with Gasteiger partial charge in [0.25, 0.3) is 5.91 Å². The maximum Gasteiger partial charge on any atom is 0.256 e. The highest BCUT2D eigenvalue weighted by Gasteiger charge is 2.29. The highest BCUT2D eigenvalue weighted by Crippen LogP contribution is 2.33. The van der Waals surface area contributed by atoms with Gasteiger partial charge in [-0.15, -0.1) is 0 Å². The van der Waals surface area contributed by atoms with Crippen LogP contribution in [-0.2, 0) is 6.54 Å². The Balaban J connectivity index is 1.37. The number of hydrogen-bond acceptors (Lipinski definition) is 7. The van der Waals surface area contributed by atoms with E-state index in [1.165, 1.54) is 32.3 Å². The second kappa shape index (κ2) is 10.2. The third kappa shape index (κ3) is 5.11. The van der Waals surface area contributed by atoms with Crippen molar-refractivity contribution < 1.29 is 4.79 Å². The number of hydrogen-bond donors (Lipinski definition) is 2. The fraction of sp³-hybridized carbons (Fsp3) is 0.440. The molecular weight excluding hydrogens is 464 g/mol. The van der Waals surface area contributed by atoms with Gasteiger partial charge < -0.3 is 25.8 Å². The first-order valence-electron chi connectivity index (χ1n) is 12.2. The Hall–Kier alpha value is -3.17. The van der Waals surface area contributed by atoms with Crippen LogP contribution in [0.25, 0.3) is 11.3 Å². The van der Waals surface area contributed by atoms with E-state index in [0.29, 0.717) is 16.8 Å². The van der Waals surface area contributed by atoms with Gasteiger partial charge in [-0.3, -0.25) is 4.79 Å². The third-order valence-corrected chi connectivity index (χ3v) is 7.28. The number of amides is 1. The van der Waals surface area contributed by atoms with Crippen molar-refractivity contribution in [3.63, 3.8) is 0 Å². The zero-order valence-corrected chi connectivity index (χ0v) is 20.5. The average Bonchev–Trinajstić information content (AvgIpc) is 3.53. The van der Waals surface area contributed by atoms with Crippen LogP contribution >= 0.6 is 11.6 Å². The molecule has 0 bridgehead atoms. The number of aromatic nitrogens is 4. The zero-order valence-electron chi connectivity index (χ0n) is 19.7. The predicted octanol–water partition coefficient (Wildman–Crippen LogP) is 3.15. The van der Waals surface area contributed by atoms with Crippen LogP contribution in [-0.4, -0.2) is 63.0 Å². The molecule has 0 aliphatic carbocycles. The molecule has 1 aromatic carbocycles. The molecule has 0 atom stereocenters. The molecule has 4 N–H and O–H groups in total. The van der Waals surface area contributed by atoms with Crippen LogP contribution in [0.3, 0.4) is 0 Å². The number of primary amides is 1. The van der Waals surface area contributed by atoms with Crippen molar-refractivity contribution in [3.8, 4) is 11.3 Å². The molecule has 184 valence electrons. The van der Waals surface area contributed by atoms with E-state index in [0.717, 1.165) is 56.1 Å². The molecule has 35 heavy (non-hydrogen) atoms. The first kappa shape index (κ1) is 23.6. The second-order valence-corrected chi connectivity index (χ2v) is 9.76. The molecular formula is C25H31ClN8O. The molecule has 2 aliphatic rings. The minimum Gasteiger partial charge on any atom is -0.383 e. The summed E-state index contributed by atoms with van der Waals surface area (Å²) in [6.07, 6.45) is 7.88. The molecule has 2 saturated heterocycles. The summed E-state index contributed by atoms with van der Waals surface area (Å²) < 4.78 is 2.33. The quantitative estimate of drug-likeness (QED) is 0.517. The molecule has 5 rings (SSSR count). The van der Waals surface area contributed by atoms with Crippen molar-refractivity contribution in [2.75, 3.05) is 43.4 Å². The van der Waals surface area contributed by atoms with Crippen LogP contribution < -0.4 is 16.4 Å². The smallest absolute Gasteiger partial charge is 0.256 e. The molecule has 2 aromatic heterocycles. The van der Waals surface area contributed by atoms with E-state index in [4.69, 9.17) is 28.1 Å². The predicted molar refractivity (Wildman–Crippen MR) is 137 cm³/mol. The van der Waals surface area contributed by atoms with Crippen molar-refractivity contribution in [1.82, 2.24) is 24.4 Å². The third-order valence-electron chi connectivity index (χ3n) is 7.05. The Morgan fingerprint density at radius 2 is 1.86 bits per heavy atom. The van der Waals surface area contributed by atoms with E-state index < -0.39 is 5.91 Å². The number of halogens is 1. The van der Waals surface area contributed by atoms with Gasteiger partial charge in [0.2, 0.25) is 0 Å². The lowest BCUT2D eigenvalue weighted by molar-refractivity contribution is 0.100. The number of carbonyl (C=O) groups is 1. The normalized spacial score (nSPS) is 17.2. The number of nitrogens with zero attached hydrogens (tertiary/aromatic N) is 6. The van der Waals surface area contributed by atoms with Crippen molar-refractivity contribution in [3.05, 3.63) is 53.2 Å². The van der Waals surface area contributed by atoms with Gasteiger partial charge in [0.15, 0.2) is 0 Å². The molecule has 0 spiro atoms. The summed E-state index contributed by atoms with van der Waals surface area (Å²) in [6, 6.07) is 7.86. The molecule has 0 saturated carbocycles. The first-order valence-corrected chi connectivity index (χ1v) is 12.6. The van der Waals surface area contributed by atoms with E-state index >= 15 is 0 Å². The maximum absolute atomic E-state index is 12.0. The number of rotatable bonds is 7. The van der Waals surface area contributed by atoms with E-state index in [1.807, 2.05) is 18.2 Å². The summed E-state index contributed by atoms with van der Waals surface area (Å²) in [4.78, 5) is 29.9. The fourth-order valence-electron chi connectivity index (χ4n) is 5.19. The highest BCUT2D eigenvalue weighted by atomic mass is 35.5. The second-order valence-electron chi connectivity index (χ2n) is 9.32. The SMILES string of the molecule is NC(=O)c1c(N)ncnc1N1CCC(c2nc(-c3cccc(Cl)c3)cn2CCN2CCCC2)CC1. The molecule has 9 nitrogen and oxygen atoms in total. The summed E-state index contributed by atoms with van der Waals surface area (Å²) in [6.45, 7) is 5.75. The molecule has 10 heteroatoms. The number of carbonyl (C=O) groups excluding carboxylic acids is 1. The van der Waals surface area contributed by atoms with Crippen LogP contribution in [0, 0.1) is 0 Å². The number of anilines is 2. The average molecular weight is 495 g/mol. The van der Waals surface area contributed by atoms with E-state index in [1.54, 1.807) is 0 Å². The molecule has 0 radical (unpaired) electrons. The van der Waals surface area contributed by atoms with E-state index in [9.17, 15) is 4.79 Å². The lowest BCUT2D eigenvalue weighted by atomic mass is 9.95. The van der Waals surface area contributed by atoms with Gasteiger partial charge in [0.05, 0.1) is 5.69 Å². The summed E-state index contributed by atoms with van der Waals surface area (Å²) in [7, 11) is 0. The topological polar surface area (TPSA) is 119 Å². The number of benzene rings is 1. The standard InChI is InChI=1S/C25H31ClN8O/c26-19-5-3-4-18(14-19)20-15-34(13-12-32-8-1-2-9-32)24(31-20)17-6-10-33(11-7-17)25-21(23(28)35)22(27)29-16-30-25/h3-5,14-17H,1-2,6-13H2,(H2,28,35)(H2,27,29,30). The van der Waals surface area contributed by atoms with Gasteiger partial charge >= 0.3 is 0 Å². The lowest BCUT2D eigenvalue weighted by Crippen LogP contribution is -2.36. The van der Waals surface area contributed by atoms with Crippen LogP contribution in [0.4, 0.5) is 11.6 Å². The van der Waals surface area contributed by atoms with Gasteiger partial charge in [-0.2, -0.15) is 0 Å². The largest absolute Gasteiger partial charge is 0.383 e. The molecule has 3 aromatic rings. The Morgan fingerprint density at radius 3 is 2.57 bits per heavy atom. The Morgan fingerprint density at radius 1 is 1.09 bits per heavy atom. The van der Waals surface area contributed by atoms with Crippen molar-refractivity contribution in [2.45, 2.75) is 38.1 Å². The highest BCUT2D eigenvalue weighted by molar-refractivity contribution is 6.30. The Bertz CT molecular complexity index is 1200. The van der Waals surface area contributed by atoms with Crippen LogP contribution in [0.5, 0.6) is 0 Å².